The lowest BCUT2D eigenvalue weighted by Crippen LogP contribution is -1.93. The molecule has 2 aromatic carbocycles. The molecule has 0 spiro atoms. The second kappa shape index (κ2) is 5.73. The minimum absolute atomic E-state index is 0.295. The number of fused-ring (bicyclic) bond motifs is 1. The molecule has 0 bridgehead atoms. The maximum absolute atomic E-state index is 13.9. The third kappa shape index (κ3) is 2.45. The van der Waals surface area contributed by atoms with Crippen molar-refractivity contribution in [3.05, 3.63) is 71.3 Å². The summed E-state index contributed by atoms with van der Waals surface area (Å²) in [6, 6.07) is 15.9. The standard InChI is InChI=1S/C19H12ClFN2O/c1-11-9-16(24-23-11)18-17(12-5-3-2-4-6-12)14-10-13(21)7-8-15(14)22-19(18)20/h2-10H,1H3. The third-order valence-electron chi connectivity index (χ3n) is 3.84. The molecule has 0 saturated heterocycles. The molecule has 0 saturated carbocycles. The molecule has 0 aliphatic rings. The van der Waals surface area contributed by atoms with Crippen LogP contribution in [-0.4, -0.2) is 10.1 Å². The molecule has 24 heavy (non-hydrogen) atoms. The van der Waals surface area contributed by atoms with Crippen LogP contribution < -0.4 is 0 Å². The number of aryl methyl sites for hydroxylation is 1. The Bertz CT molecular complexity index is 1040. The first-order valence-electron chi connectivity index (χ1n) is 7.41. The fraction of sp³-hybridized carbons (Fsp3) is 0.0526. The van der Waals surface area contributed by atoms with E-state index in [4.69, 9.17) is 16.1 Å². The van der Waals surface area contributed by atoms with Gasteiger partial charge >= 0.3 is 0 Å². The van der Waals surface area contributed by atoms with Crippen LogP contribution in [0.15, 0.2) is 59.1 Å². The molecule has 0 atom stereocenters. The van der Waals surface area contributed by atoms with Crippen molar-refractivity contribution < 1.29 is 8.91 Å². The van der Waals surface area contributed by atoms with Crippen molar-refractivity contribution in [2.24, 2.45) is 0 Å². The van der Waals surface area contributed by atoms with Gasteiger partial charge in [-0.15, -0.1) is 0 Å². The number of pyridine rings is 1. The van der Waals surface area contributed by atoms with E-state index in [1.165, 1.54) is 12.1 Å². The Morgan fingerprint density at radius 1 is 1.00 bits per heavy atom. The molecule has 118 valence electrons. The zero-order valence-electron chi connectivity index (χ0n) is 12.8. The van der Waals surface area contributed by atoms with E-state index in [1.54, 1.807) is 12.1 Å². The van der Waals surface area contributed by atoms with Crippen LogP contribution in [0.3, 0.4) is 0 Å². The van der Waals surface area contributed by atoms with E-state index < -0.39 is 0 Å². The highest BCUT2D eigenvalue weighted by atomic mass is 35.5. The maximum atomic E-state index is 13.9. The van der Waals surface area contributed by atoms with Gasteiger partial charge < -0.3 is 4.52 Å². The first-order valence-corrected chi connectivity index (χ1v) is 7.79. The predicted molar refractivity (Wildman–Crippen MR) is 92.4 cm³/mol. The summed E-state index contributed by atoms with van der Waals surface area (Å²) in [6.45, 7) is 1.83. The molecule has 2 aromatic heterocycles. The van der Waals surface area contributed by atoms with Gasteiger partial charge in [0.15, 0.2) is 5.76 Å². The van der Waals surface area contributed by atoms with Gasteiger partial charge in [-0.05, 0) is 30.7 Å². The highest BCUT2D eigenvalue weighted by Gasteiger charge is 2.20. The summed E-state index contributed by atoms with van der Waals surface area (Å²) < 4.78 is 19.3. The van der Waals surface area contributed by atoms with E-state index in [-0.39, 0.29) is 5.82 Å². The minimum atomic E-state index is -0.330. The van der Waals surface area contributed by atoms with E-state index in [2.05, 4.69) is 10.1 Å². The maximum Gasteiger partial charge on any atom is 0.170 e. The molecule has 0 amide bonds. The Morgan fingerprint density at radius 3 is 2.50 bits per heavy atom. The Balaban J connectivity index is 2.16. The van der Waals surface area contributed by atoms with Crippen molar-refractivity contribution in [1.82, 2.24) is 10.1 Å². The SMILES string of the molecule is Cc1cc(-c2c(Cl)nc3ccc(F)cc3c2-c2ccccc2)on1. The lowest BCUT2D eigenvalue weighted by Gasteiger charge is -2.13. The van der Waals surface area contributed by atoms with Crippen LogP contribution in [-0.2, 0) is 0 Å². The lowest BCUT2D eigenvalue weighted by atomic mass is 9.95. The van der Waals surface area contributed by atoms with Gasteiger partial charge in [0.25, 0.3) is 0 Å². The number of nitrogens with zero attached hydrogens (tertiary/aromatic N) is 2. The topological polar surface area (TPSA) is 38.9 Å². The van der Waals surface area contributed by atoms with Crippen LogP contribution in [0.1, 0.15) is 5.69 Å². The van der Waals surface area contributed by atoms with Crippen LogP contribution >= 0.6 is 11.6 Å². The third-order valence-corrected chi connectivity index (χ3v) is 4.11. The second-order valence-electron chi connectivity index (χ2n) is 5.51. The Hall–Kier alpha value is -2.72. The molecular formula is C19H12ClFN2O. The average Bonchev–Trinajstić information content (AvgIpc) is 3.01. The molecule has 0 N–H and O–H groups in total. The zero-order chi connectivity index (χ0) is 16.7. The monoisotopic (exact) mass is 338 g/mol. The molecule has 0 fully saturated rings. The van der Waals surface area contributed by atoms with E-state index in [1.807, 2.05) is 37.3 Å². The van der Waals surface area contributed by atoms with E-state index in [9.17, 15) is 4.39 Å². The second-order valence-corrected chi connectivity index (χ2v) is 5.87. The van der Waals surface area contributed by atoms with Crippen LogP contribution in [0.4, 0.5) is 4.39 Å². The predicted octanol–water partition coefficient (Wildman–Crippen LogP) is 5.66. The molecule has 4 rings (SSSR count). The van der Waals surface area contributed by atoms with Crippen molar-refractivity contribution in [2.75, 3.05) is 0 Å². The summed E-state index contributed by atoms with van der Waals surface area (Å²) in [5.41, 5.74) is 3.66. The van der Waals surface area contributed by atoms with Crippen molar-refractivity contribution in [3.63, 3.8) is 0 Å². The molecular weight excluding hydrogens is 327 g/mol. The highest BCUT2D eigenvalue weighted by Crippen LogP contribution is 2.41. The summed E-state index contributed by atoms with van der Waals surface area (Å²) in [4.78, 5) is 4.40. The summed E-state index contributed by atoms with van der Waals surface area (Å²) in [7, 11) is 0. The summed E-state index contributed by atoms with van der Waals surface area (Å²) in [5.74, 6) is 0.179. The van der Waals surface area contributed by atoms with Crippen LogP contribution in [0.5, 0.6) is 0 Å². The average molecular weight is 339 g/mol. The van der Waals surface area contributed by atoms with Gasteiger partial charge in [0.05, 0.1) is 16.8 Å². The quantitative estimate of drug-likeness (QED) is 0.443. The number of benzene rings is 2. The molecule has 3 nitrogen and oxygen atoms in total. The number of rotatable bonds is 2. The Morgan fingerprint density at radius 2 is 1.79 bits per heavy atom. The fourth-order valence-electron chi connectivity index (χ4n) is 2.82. The fourth-order valence-corrected chi connectivity index (χ4v) is 3.10. The highest BCUT2D eigenvalue weighted by molar-refractivity contribution is 6.33. The number of hydrogen-bond acceptors (Lipinski definition) is 3. The number of aromatic nitrogens is 2. The van der Waals surface area contributed by atoms with Gasteiger partial charge in [0.1, 0.15) is 11.0 Å². The molecule has 2 heterocycles. The smallest absolute Gasteiger partial charge is 0.170 e. The van der Waals surface area contributed by atoms with Gasteiger partial charge in [0, 0.05) is 17.0 Å². The number of halogens is 2. The normalized spacial score (nSPS) is 11.1. The van der Waals surface area contributed by atoms with Crippen molar-refractivity contribution in [3.8, 4) is 22.5 Å². The Labute approximate surface area is 142 Å². The summed E-state index contributed by atoms with van der Waals surface area (Å²) in [5, 5.41) is 4.90. The largest absolute Gasteiger partial charge is 0.356 e. The first kappa shape index (κ1) is 14.8. The van der Waals surface area contributed by atoms with Crippen LogP contribution in [0, 0.1) is 12.7 Å². The molecule has 0 unspecified atom stereocenters. The molecule has 0 radical (unpaired) electrons. The van der Waals surface area contributed by atoms with E-state index in [0.717, 1.165) is 16.8 Å². The first-order chi connectivity index (χ1) is 11.6. The van der Waals surface area contributed by atoms with Gasteiger partial charge in [-0.25, -0.2) is 9.37 Å². The van der Waals surface area contributed by atoms with Crippen molar-refractivity contribution in [1.29, 1.82) is 0 Å². The summed E-state index contributed by atoms with van der Waals surface area (Å²) in [6.07, 6.45) is 0. The van der Waals surface area contributed by atoms with Gasteiger partial charge in [0.2, 0.25) is 0 Å². The summed E-state index contributed by atoms with van der Waals surface area (Å²) >= 11 is 6.45. The van der Waals surface area contributed by atoms with E-state index >= 15 is 0 Å². The van der Waals surface area contributed by atoms with Crippen LogP contribution in [0.25, 0.3) is 33.4 Å². The zero-order valence-corrected chi connectivity index (χ0v) is 13.5. The van der Waals surface area contributed by atoms with Crippen molar-refractivity contribution >= 4 is 22.5 Å². The molecule has 4 aromatic rings. The molecule has 0 aliphatic heterocycles. The van der Waals surface area contributed by atoms with Gasteiger partial charge in [-0.3, -0.25) is 0 Å². The van der Waals surface area contributed by atoms with E-state index in [0.29, 0.717) is 27.4 Å². The van der Waals surface area contributed by atoms with Gasteiger partial charge in [-0.1, -0.05) is 47.1 Å². The van der Waals surface area contributed by atoms with Crippen molar-refractivity contribution in [2.45, 2.75) is 6.92 Å². The molecule has 0 aliphatic carbocycles. The molecule has 5 heteroatoms. The number of hydrogen-bond donors (Lipinski definition) is 0. The minimum Gasteiger partial charge on any atom is -0.356 e. The van der Waals surface area contributed by atoms with Crippen LogP contribution in [0.2, 0.25) is 5.15 Å². The van der Waals surface area contributed by atoms with Gasteiger partial charge in [-0.2, -0.15) is 0 Å². The lowest BCUT2D eigenvalue weighted by molar-refractivity contribution is 0.427. The Kier molecular flexibility index (Phi) is 3.54.